The lowest BCUT2D eigenvalue weighted by Crippen LogP contribution is -2.35. The Balaban J connectivity index is 1.39. The van der Waals surface area contributed by atoms with Crippen LogP contribution in [0, 0.1) is 0 Å². The summed E-state index contributed by atoms with van der Waals surface area (Å²) in [5.74, 6) is 0.456. The first-order valence-corrected chi connectivity index (χ1v) is 11.3. The standard InChI is InChI=1S/C17H21N3O3S2/c21-16(20-8-2-1-3-9-20)12-4-6-13(7-5-12)18-17-19-14-10-25(22,23)11-15(14)24-17/h4-7,14-15H,1-3,8-11H2,(H,18,19)/t14-,15+/m1/s1. The third-order valence-corrected chi connectivity index (χ3v) is 7.99. The molecule has 0 aromatic heterocycles. The molecule has 6 nitrogen and oxygen atoms in total. The molecule has 1 aromatic carbocycles. The van der Waals surface area contributed by atoms with Crippen molar-refractivity contribution in [2.24, 2.45) is 4.99 Å². The lowest BCUT2D eigenvalue weighted by Gasteiger charge is -2.26. The van der Waals surface area contributed by atoms with E-state index >= 15 is 0 Å². The van der Waals surface area contributed by atoms with Crippen molar-refractivity contribution in [3.05, 3.63) is 29.8 Å². The molecule has 1 amide bonds. The average Bonchev–Trinajstić information content (AvgIpc) is 3.08. The van der Waals surface area contributed by atoms with E-state index in [1.165, 1.54) is 18.2 Å². The fourth-order valence-corrected chi connectivity index (χ4v) is 7.19. The van der Waals surface area contributed by atoms with Gasteiger partial charge in [0.2, 0.25) is 0 Å². The van der Waals surface area contributed by atoms with Crippen LogP contribution in [0.2, 0.25) is 0 Å². The van der Waals surface area contributed by atoms with Gasteiger partial charge in [0.1, 0.15) is 0 Å². The zero-order chi connectivity index (χ0) is 17.4. The van der Waals surface area contributed by atoms with Crippen molar-refractivity contribution in [1.82, 2.24) is 4.90 Å². The van der Waals surface area contributed by atoms with E-state index in [4.69, 9.17) is 0 Å². The van der Waals surface area contributed by atoms with Gasteiger partial charge in [-0.05, 0) is 43.5 Å². The Hall–Kier alpha value is -1.54. The normalized spacial score (nSPS) is 27.7. The fourth-order valence-electron chi connectivity index (χ4n) is 3.52. The number of aliphatic imine (C=N–C) groups is 1. The van der Waals surface area contributed by atoms with Gasteiger partial charge >= 0.3 is 0 Å². The van der Waals surface area contributed by atoms with Crippen LogP contribution in [-0.2, 0) is 9.84 Å². The number of fused-ring (bicyclic) bond motifs is 1. The lowest BCUT2D eigenvalue weighted by atomic mass is 10.1. The summed E-state index contributed by atoms with van der Waals surface area (Å²) in [5, 5.41) is 4.03. The third-order valence-electron chi connectivity index (χ3n) is 4.84. The number of sulfone groups is 1. The third kappa shape index (κ3) is 3.69. The highest BCUT2D eigenvalue weighted by molar-refractivity contribution is 8.15. The first kappa shape index (κ1) is 16.9. The van der Waals surface area contributed by atoms with Crippen LogP contribution in [0.1, 0.15) is 29.6 Å². The molecule has 134 valence electrons. The SMILES string of the molecule is O=C(c1ccc(NC2=N[C@@H]3CS(=O)(=O)C[C@@H]3S2)cc1)N1CCCCC1. The van der Waals surface area contributed by atoms with Gasteiger partial charge < -0.3 is 10.2 Å². The minimum Gasteiger partial charge on any atom is -0.339 e. The highest BCUT2D eigenvalue weighted by atomic mass is 32.2. The minimum absolute atomic E-state index is 0.0347. The van der Waals surface area contributed by atoms with E-state index in [1.54, 1.807) is 0 Å². The summed E-state index contributed by atoms with van der Waals surface area (Å²) in [6, 6.07) is 7.31. The monoisotopic (exact) mass is 379 g/mol. The van der Waals surface area contributed by atoms with Gasteiger partial charge in [-0.25, -0.2) is 8.42 Å². The molecule has 0 unspecified atom stereocenters. The molecule has 25 heavy (non-hydrogen) atoms. The molecule has 3 aliphatic heterocycles. The van der Waals surface area contributed by atoms with Crippen LogP contribution in [0.3, 0.4) is 0 Å². The molecule has 1 N–H and O–H groups in total. The van der Waals surface area contributed by atoms with Crippen molar-refractivity contribution < 1.29 is 13.2 Å². The van der Waals surface area contributed by atoms with Crippen molar-refractivity contribution in [1.29, 1.82) is 0 Å². The number of hydrogen-bond acceptors (Lipinski definition) is 6. The Morgan fingerprint density at radius 2 is 1.84 bits per heavy atom. The highest BCUT2D eigenvalue weighted by Gasteiger charge is 2.42. The van der Waals surface area contributed by atoms with Gasteiger partial charge in [-0.2, -0.15) is 0 Å². The van der Waals surface area contributed by atoms with Crippen LogP contribution in [0.5, 0.6) is 0 Å². The number of nitrogens with zero attached hydrogens (tertiary/aromatic N) is 2. The summed E-state index contributed by atoms with van der Waals surface area (Å²) in [7, 11) is -2.93. The van der Waals surface area contributed by atoms with E-state index < -0.39 is 9.84 Å². The van der Waals surface area contributed by atoms with Gasteiger partial charge in [-0.15, -0.1) is 0 Å². The smallest absolute Gasteiger partial charge is 0.253 e. The molecule has 0 radical (unpaired) electrons. The molecule has 3 aliphatic rings. The minimum atomic E-state index is -2.93. The van der Waals surface area contributed by atoms with Gasteiger partial charge in [0, 0.05) is 29.6 Å². The van der Waals surface area contributed by atoms with E-state index in [-0.39, 0.29) is 28.7 Å². The molecular weight excluding hydrogens is 358 g/mol. The summed E-state index contributed by atoms with van der Waals surface area (Å²) in [5.41, 5.74) is 1.57. The maximum atomic E-state index is 12.5. The molecule has 0 bridgehead atoms. The zero-order valence-corrected chi connectivity index (χ0v) is 15.5. The maximum Gasteiger partial charge on any atom is 0.253 e. The quantitative estimate of drug-likeness (QED) is 0.850. The number of nitrogens with one attached hydrogen (secondary N) is 1. The average molecular weight is 380 g/mol. The zero-order valence-electron chi connectivity index (χ0n) is 13.8. The predicted molar refractivity (Wildman–Crippen MR) is 101 cm³/mol. The van der Waals surface area contributed by atoms with E-state index in [1.807, 2.05) is 29.2 Å². The number of benzene rings is 1. The van der Waals surface area contributed by atoms with Gasteiger partial charge in [-0.1, -0.05) is 11.8 Å². The Morgan fingerprint density at radius 3 is 2.52 bits per heavy atom. The topological polar surface area (TPSA) is 78.8 Å². The number of amidine groups is 1. The number of hydrogen-bond donors (Lipinski definition) is 1. The number of piperidine rings is 1. The van der Waals surface area contributed by atoms with E-state index in [0.29, 0.717) is 5.56 Å². The van der Waals surface area contributed by atoms with Gasteiger partial charge in [0.15, 0.2) is 15.0 Å². The number of carbonyl (C=O) groups is 1. The maximum absolute atomic E-state index is 12.5. The molecule has 0 saturated carbocycles. The first-order chi connectivity index (χ1) is 12.0. The Kier molecular flexibility index (Phi) is 4.49. The van der Waals surface area contributed by atoms with E-state index in [0.717, 1.165) is 36.8 Å². The van der Waals surface area contributed by atoms with Crippen molar-refractivity contribution in [3.63, 3.8) is 0 Å². The van der Waals surface area contributed by atoms with Crippen LogP contribution in [0.4, 0.5) is 5.69 Å². The molecule has 8 heteroatoms. The molecule has 0 spiro atoms. The van der Waals surface area contributed by atoms with Crippen molar-refractivity contribution in [3.8, 4) is 0 Å². The molecule has 2 saturated heterocycles. The van der Waals surface area contributed by atoms with E-state index in [9.17, 15) is 13.2 Å². The van der Waals surface area contributed by atoms with Crippen molar-refractivity contribution in [2.75, 3.05) is 29.9 Å². The van der Waals surface area contributed by atoms with Crippen LogP contribution >= 0.6 is 11.8 Å². The lowest BCUT2D eigenvalue weighted by molar-refractivity contribution is 0.0724. The molecule has 1 aromatic rings. The number of anilines is 1. The molecule has 3 heterocycles. The van der Waals surface area contributed by atoms with Crippen LogP contribution in [0.25, 0.3) is 0 Å². The Labute approximate surface area is 152 Å². The summed E-state index contributed by atoms with van der Waals surface area (Å²) in [6.07, 6.45) is 3.37. The second-order valence-corrected chi connectivity index (χ2v) is 10.2. The second kappa shape index (κ2) is 6.64. The second-order valence-electron chi connectivity index (χ2n) is 6.79. The predicted octanol–water partition coefficient (Wildman–Crippen LogP) is 1.99. The number of amides is 1. The van der Waals surface area contributed by atoms with Gasteiger partial charge in [0.25, 0.3) is 5.91 Å². The summed E-state index contributed by atoms with van der Waals surface area (Å²) >= 11 is 1.50. The van der Waals surface area contributed by atoms with Gasteiger partial charge in [0.05, 0.1) is 17.5 Å². The van der Waals surface area contributed by atoms with Gasteiger partial charge in [-0.3, -0.25) is 9.79 Å². The molecular formula is C17H21N3O3S2. The molecule has 0 aliphatic carbocycles. The fraction of sp³-hybridized carbons (Fsp3) is 0.529. The van der Waals surface area contributed by atoms with Crippen LogP contribution < -0.4 is 5.32 Å². The van der Waals surface area contributed by atoms with Crippen LogP contribution in [0.15, 0.2) is 29.3 Å². The highest BCUT2D eigenvalue weighted by Crippen LogP contribution is 2.34. The van der Waals surface area contributed by atoms with Crippen molar-refractivity contribution in [2.45, 2.75) is 30.6 Å². The van der Waals surface area contributed by atoms with Crippen LogP contribution in [-0.4, -0.2) is 60.3 Å². The largest absolute Gasteiger partial charge is 0.339 e. The Bertz CT molecular complexity index is 799. The molecule has 2 fully saturated rings. The number of carbonyl (C=O) groups excluding carboxylic acids is 1. The number of likely N-dealkylation sites (tertiary alicyclic amines) is 1. The van der Waals surface area contributed by atoms with Crippen molar-refractivity contribution >= 4 is 38.4 Å². The number of rotatable bonds is 2. The molecule has 2 atom stereocenters. The summed E-state index contributed by atoms with van der Waals surface area (Å²) < 4.78 is 23.2. The molecule has 4 rings (SSSR count). The Morgan fingerprint density at radius 1 is 1.12 bits per heavy atom. The summed E-state index contributed by atoms with van der Waals surface area (Å²) in [6.45, 7) is 1.69. The van der Waals surface area contributed by atoms with E-state index in [2.05, 4.69) is 10.3 Å². The number of thioether (sulfide) groups is 1. The summed E-state index contributed by atoms with van der Waals surface area (Å²) in [4.78, 5) is 18.9. The first-order valence-electron chi connectivity index (χ1n) is 8.61.